The number of carboxylic acids is 1. The standard InChI is InChI=1S/C19H19N3O4S2/c1-12-2-4-13(5-3-12)10-20-15(23)11-28-19-21-14-7-9-27-17(14)18(26)22(19)8-6-16(24)25/h2-5,7,9H,6,8,10-11H2,1H3,(H,20,23)(H,24,25). The van der Waals surface area contributed by atoms with Gasteiger partial charge in [-0.2, -0.15) is 0 Å². The summed E-state index contributed by atoms with van der Waals surface area (Å²) in [5.41, 5.74) is 2.44. The highest BCUT2D eigenvalue weighted by Gasteiger charge is 2.15. The Balaban J connectivity index is 1.69. The van der Waals surface area contributed by atoms with Crippen LogP contribution in [0.25, 0.3) is 10.2 Å². The first-order chi connectivity index (χ1) is 13.4. The van der Waals surface area contributed by atoms with E-state index in [2.05, 4.69) is 10.3 Å². The second kappa shape index (κ2) is 9.03. The number of nitrogens with one attached hydrogen (secondary N) is 1. The van der Waals surface area contributed by atoms with E-state index in [0.29, 0.717) is 21.9 Å². The summed E-state index contributed by atoms with van der Waals surface area (Å²) in [6.45, 7) is 2.44. The lowest BCUT2D eigenvalue weighted by atomic mass is 10.1. The van der Waals surface area contributed by atoms with Gasteiger partial charge in [0.25, 0.3) is 5.56 Å². The average molecular weight is 418 g/mol. The molecule has 2 heterocycles. The Hall–Kier alpha value is -2.65. The molecule has 2 N–H and O–H groups in total. The number of hydrogen-bond donors (Lipinski definition) is 2. The van der Waals surface area contributed by atoms with Crippen molar-refractivity contribution in [1.82, 2.24) is 14.9 Å². The number of thiophene rings is 1. The molecular formula is C19H19N3O4S2. The largest absolute Gasteiger partial charge is 0.481 e. The minimum absolute atomic E-state index is 0.0162. The van der Waals surface area contributed by atoms with Gasteiger partial charge in [0.05, 0.1) is 17.7 Å². The van der Waals surface area contributed by atoms with Crippen LogP contribution in [-0.4, -0.2) is 32.3 Å². The highest BCUT2D eigenvalue weighted by molar-refractivity contribution is 7.99. The first-order valence-corrected chi connectivity index (χ1v) is 10.5. The third-order valence-electron chi connectivity index (χ3n) is 4.02. The molecule has 0 radical (unpaired) electrons. The van der Waals surface area contributed by atoms with Crippen LogP contribution >= 0.6 is 23.1 Å². The van der Waals surface area contributed by atoms with Gasteiger partial charge in [-0.3, -0.25) is 19.0 Å². The number of carboxylic acid groups (broad SMARTS) is 1. The highest BCUT2D eigenvalue weighted by Crippen LogP contribution is 2.21. The van der Waals surface area contributed by atoms with E-state index in [9.17, 15) is 14.4 Å². The van der Waals surface area contributed by atoms with Gasteiger partial charge in [-0.15, -0.1) is 11.3 Å². The van der Waals surface area contributed by atoms with Gasteiger partial charge in [-0.05, 0) is 23.9 Å². The fourth-order valence-electron chi connectivity index (χ4n) is 2.53. The zero-order valence-corrected chi connectivity index (χ0v) is 16.8. The molecule has 0 saturated heterocycles. The van der Waals surface area contributed by atoms with Gasteiger partial charge in [0.2, 0.25) is 5.91 Å². The van der Waals surface area contributed by atoms with E-state index in [4.69, 9.17) is 5.11 Å². The summed E-state index contributed by atoms with van der Waals surface area (Å²) in [7, 11) is 0. The maximum atomic E-state index is 12.6. The van der Waals surface area contributed by atoms with Gasteiger partial charge >= 0.3 is 5.97 Å². The normalized spacial score (nSPS) is 10.9. The van der Waals surface area contributed by atoms with Gasteiger partial charge in [-0.1, -0.05) is 41.6 Å². The number of benzene rings is 1. The number of aromatic nitrogens is 2. The summed E-state index contributed by atoms with van der Waals surface area (Å²) < 4.78 is 1.82. The summed E-state index contributed by atoms with van der Waals surface area (Å²) >= 11 is 2.40. The van der Waals surface area contributed by atoms with E-state index in [1.807, 2.05) is 31.2 Å². The number of carbonyl (C=O) groups excluding carboxylic acids is 1. The van der Waals surface area contributed by atoms with E-state index < -0.39 is 5.97 Å². The number of rotatable bonds is 8. The van der Waals surface area contributed by atoms with Crippen LogP contribution in [-0.2, 0) is 22.7 Å². The van der Waals surface area contributed by atoms with Crippen molar-refractivity contribution in [2.45, 2.75) is 31.6 Å². The van der Waals surface area contributed by atoms with Gasteiger partial charge < -0.3 is 10.4 Å². The van der Waals surface area contributed by atoms with E-state index in [1.165, 1.54) is 15.9 Å². The molecule has 28 heavy (non-hydrogen) atoms. The zero-order chi connectivity index (χ0) is 20.1. The van der Waals surface area contributed by atoms with Crippen molar-refractivity contribution in [3.05, 3.63) is 57.2 Å². The van der Waals surface area contributed by atoms with Crippen molar-refractivity contribution in [3.8, 4) is 0 Å². The molecule has 0 atom stereocenters. The first kappa shape index (κ1) is 20.1. The maximum Gasteiger partial charge on any atom is 0.305 e. The van der Waals surface area contributed by atoms with Crippen LogP contribution in [0.15, 0.2) is 45.7 Å². The van der Waals surface area contributed by atoms with Gasteiger partial charge in [0, 0.05) is 13.1 Å². The van der Waals surface area contributed by atoms with Crippen LogP contribution in [0, 0.1) is 6.92 Å². The number of nitrogens with zero attached hydrogens (tertiary/aromatic N) is 2. The van der Waals surface area contributed by atoms with E-state index >= 15 is 0 Å². The lowest BCUT2D eigenvalue weighted by Crippen LogP contribution is -2.27. The Labute approximate surface area is 169 Å². The minimum atomic E-state index is -0.995. The Bertz CT molecular complexity index is 1060. The molecule has 0 fully saturated rings. The fraction of sp³-hybridized carbons (Fsp3) is 0.263. The number of amides is 1. The SMILES string of the molecule is Cc1ccc(CNC(=O)CSc2nc3ccsc3c(=O)n2CCC(=O)O)cc1. The molecule has 7 nitrogen and oxygen atoms in total. The average Bonchev–Trinajstić information content (AvgIpc) is 3.14. The molecule has 2 aromatic heterocycles. The lowest BCUT2D eigenvalue weighted by molar-refractivity contribution is -0.137. The summed E-state index contributed by atoms with van der Waals surface area (Å²) in [5.74, 6) is -1.10. The lowest BCUT2D eigenvalue weighted by Gasteiger charge is -2.11. The summed E-state index contributed by atoms with van der Waals surface area (Å²) in [4.78, 5) is 40.2. The van der Waals surface area contributed by atoms with Crippen LogP contribution in [0.3, 0.4) is 0 Å². The maximum absolute atomic E-state index is 12.6. The quantitative estimate of drug-likeness (QED) is 0.432. The number of fused-ring (bicyclic) bond motifs is 1. The minimum Gasteiger partial charge on any atom is -0.481 e. The molecule has 0 unspecified atom stereocenters. The summed E-state index contributed by atoms with van der Waals surface area (Å²) in [5, 5.41) is 13.9. The van der Waals surface area contributed by atoms with Crippen molar-refractivity contribution >= 4 is 45.2 Å². The van der Waals surface area contributed by atoms with Crippen LogP contribution in [0.4, 0.5) is 0 Å². The molecule has 0 aliphatic heterocycles. The smallest absolute Gasteiger partial charge is 0.305 e. The van der Waals surface area contributed by atoms with Gasteiger partial charge in [-0.25, -0.2) is 4.98 Å². The summed E-state index contributed by atoms with van der Waals surface area (Å²) in [6, 6.07) is 9.62. The number of aryl methyl sites for hydroxylation is 1. The van der Waals surface area contributed by atoms with Gasteiger partial charge in [0.1, 0.15) is 4.70 Å². The zero-order valence-electron chi connectivity index (χ0n) is 15.2. The summed E-state index contributed by atoms with van der Waals surface area (Å²) in [6.07, 6.45) is -0.189. The van der Waals surface area contributed by atoms with Crippen LogP contribution < -0.4 is 10.9 Å². The molecule has 3 aromatic rings. The number of carbonyl (C=O) groups is 2. The van der Waals surface area contributed by atoms with Crippen molar-refractivity contribution in [1.29, 1.82) is 0 Å². The topological polar surface area (TPSA) is 101 Å². The van der Waals surface area contributed by atoms with Crippen molar-refractivity contribution in [2.75, 3.05) is 5.75 Å². The molecule has 9 heteroatoms. The molecule has 0 saturated carbocycles. The number of aliphatic carboxylic acids is 1. The van der Waals surface area contributed by atoms with E-state index in [1.54, 1.807) is 11.4 Å². The predicted octanol–water partition coefficient (Wildman–Crippen LogP) is 2.65. The molecule has 1 aromatic carbocycles. The monoisotopic (exact) mass is 417 g/mol. The Kier molecular flexibility index (Phi) is 6.48. The second-order valence-electron chi connectivity index (χ2n) is 6.18. The predicted molar refractivity (Wildman–Crippen MR) is 110 cm³/mol. The van der Waals surface area contributed by atoms with Crippen LogP contribution in [0.1, 0.15) is 17.5 Å². The fourth-order valence-corrected chi connectivity index (χ4v) is 4.16. The molecular weight excluding hydrogens is 398 g/mol. The molecule has 0 spiro atoms. The third-order valence-corrected chi connectivity index (χ3v) is 5.89. The van der Waals surface area contributed by atoms with Crippen molar-refractivity contribution in [3.63, 3.8) is 0 Å². The van der Waals surface area contributed by atoms with Crippen LogP contribution in [0.5, 0.6) is 0 Å². The molecule has 146 valence electrons. The highest BCUT2D eigenvalue weighted by atomic mass is 32.2. The Morgan fingerprint density at radius 3 is 2.71 bits per heavy atom. The Morgan fingerprint density at radius 1 is 1.25 bits per heavy atom. The third kappa shape index (κ3) is 4.99. The first-order valence-electron chi connectivity index (χ1n) is 8.59. The molecule has 1 amide bonds. The molecule has 0 aliphatic rings. The van der Waals surface area contributed by atoms with E-state index in [0.717, 1.165) is 22.9 Å². The molecule has 0 bridgehead atoms. The van der Waals surface area contributed by atoms with Crippen LogP contribution in [0.2, 0.25) is 0 Å². The van der Waals surface area contributed by atoms with E-state index in [-0.39, 0.29) is 30.2 Å². The molecule has 0 aliphatic carbocycles. The second-order valence-corrected chi connectivity index (χ2v) is 8.04. The van der Waals surface area contributed by atoms with Crippen molar-refractivity contribution in [2.24, 2.45) is 0 Å². The Morgan fingerprint density at radius 2 is 2.00 bits per heavy atom. The number of thioether (sulfide) groups is 1. The van der Waals surface area contributed by atoms with Crippen molar-refractivity contribution < 1.29 is 14.7 Å². The van der Waals surface area contributed by atoms with Gasteiger partial charge in [0.15, 0.2) is 5.16 Å². The molecule has 3 rings (SSSR count). The number of hydrogen-bond acceptors (Lipinski definition) is 6.